The highest BCUT2D eigenvalue weighted by Gasteiger charge is 2.38. The molecule has 0 aliphatic carbocycles. The molecule has 2 aromatic carbocycles. The molecule has 28 heavy (non-hydrogen) atoms. The highest BCUT2D eigenvalue weighted by molar-refractivity contribution is 9.10. The van der Waals surface area contributed by atoms with Gasteiger partial charge in [-0.05, 0) is 55.5 Å². The number of anilines is 1. The van der Waals surface area contributed by atoms with Crippen LogP contribution in [0.4, 0.5) is 10.1 Å². The Balaban J connectivity index is 2.18. The summed E-state index contributed by atoms with van der Waals surface area (Å²) in [5, 5.41) is 0. The van der Waals surface area contributed by atoms with Gasteiger partial charge in [0.05, 0.1) is 25.4 Å². The number of amides is 1. The van der Waals surface area contributed by atoms with E-state index in [-0.39, 0.29) is 11.1 Å². The van der Waals surface area contributed by atoms with Crippen LogP contribution in [0.3, 0.4) is 0 Å². The maximum Gasteiger partial charge on any atom is 0.340 e. The molecule has 0 unspecified atom stereocenters. The minimum atomic E-state index is -0.629. The first kappa shape index (κ1) is 19.8. The van der Waals surface area contributed by atoms with Crippen LogP contribution in [0, 0.1) is 5.82 Å². The summed E-state index contributed by atoms with van der Waals surface area (Å²) in [4.78, 5) is 27.0. The fourth-order valence-electron chi connectivity index (χ4n) is 3.05. The summed E-state index contributed by atoms with van der Waals surface area (Å²) in [6.07, 6.45) is 1.59. The van der Waals surface area contributed by atoms with Crippen LogP contribution in [0.5, 0.6) is 5.75 Å². The Morgan fingerprint density at radius 2 is 1.82 bits per heavy atom. The largest absolute Gasteiger partial charge is 0.496 e. The lowest BCUT2D eigenvalue weighted by Gasteiger charge is -2.17. The van der Waals surface area contributed by atoms with Crippen LogP contribution in [-0.4, -0.2) is 26.1 Å². The molecule has 5 nitrogen and oxygen atoms in total. The summed E-state index contributed by atoms with van der Waals surface area (Å²) >= 11 is 3.40. The predicted molar refractivity (Wildman–Crippen MR) is 107 cm³/mol. The molecule has 7 heteroatoms. The smallest absolute Gasteiger partial charge is 0.340 e. The maximum absolute atomic E-state index is 13.3. The van der Waals surface area contributed by atoms with Crippen LogP contribution in [0.2, 0.25) is 0 Å². The van der Waals surface area contributed by atoms with Gasteiger partial charge in [0, 0.05) is 21.4 Å². The Bertz CT molecular complexity index is 1010. The molecule has 3 rings (SSSR count). The van der Waals surface area contributed by atoms with Crippen molar-refractivity contribution < 1.29 is 23.5 Å². The number of rotatable bonds is 4. The van der Waals surface area contributed by atoms with Gasteiger partial charge in [-0.25, -0.2) is 9.18 Å². The molecule has 0 fully saturated rings. The Kier molecular flexibility index (Phi) is 5.65. The number of carbonyl (C=O) groups excluding carboxylic acids is 2. The molecule has 0 aromatic heterocycles. The predicted octanol–water partition coefficient (Wildman–Crippen LogP) is 4.47. The molecular weight excluding hydrogens is 429 g/mol. The number of methoxy groups -OCH3 is 2. The first-order valence-electron chi connectivity index (χ1n) is 8.32. The van der Waals surface area contributed by atoms with Crippen molar-refractivity contribution in [2.24, 2.45) is 0 Å². The lowest BCUT2D eigenvalue weighted by atomic mass is 10.0. The Morgan fingerprint density at radius 1 is 1.14 bits per heavy atom. The molecular formula is C21H17BrFNO4. The van der Waals surface area contributed by atoms with E-state index in [0.29, 0.717) is 22.7 Å². The minimum Gasteiger partial charge on any atom is -0.496 e. The van der Waals surface area contributed by atoms with Gasteiger partial charge in [-0.15, -0.1) is 0 Å². The molecule has 0 saturated heterocycles. The fraction of sp³-hybridized carbons (Fsp3) is 0.143. The number of halogens is 2. The normalized spacial score (nSPS) is 15.4. The number of esters is 1. The summed E-state index contributed by atoms with van der Waals surface area (Å²) in [7, 11) is 2.78. The Hall–Kier alpha value is -2.93. The van der Waals surface area contributed by atoms with Crippen molar-refractivity contribution in [3.05, 3.63) is 75.2 Å². The SMILES string of the molecule is COC(=O)C1=C(C)N(c2ccc(F)cc2)C(=O)/C1=C\c1cc(Br)ccc1OC. The molecule has 0 radical (unpaired) electrons. The van der Waals surface area contributed by atoms with Gasteiger partial charge in [-0.1, -0.05) is 15.9 Å². The number of carbonyl (C=O) groups is 2. The van der Waals surface area contributed by atoms with Gasteiger partial charge >= 0.3 is 5.97 Å². The van der Waals surface area contributed by atoms with Crippen LogP contribution < -0.4 is 9.64 Å². The third-order valence-corrected chi connectivity index (χ3v) is 4.86. The number of benzene rings is 2. The third-order valence-electron chi connectivity index (χ3n) is 4.37. The minimum absolute atomic E-state index is 0.152. The first-order valence-corrected chi connectivity index (χ1v) is 9.11. The molecule has 144 valence electrons. The van der Waals surface area contributed by atoms with Gasteiger partial charge in [-0.3, -0.25) is 9.69 Å². The molecule has 0 atom stereocenters. The van der Waals surface area contributed by atoms with Crippen molar-refractivity contribution in [1.82, 2.24) is 0 Å². The second kappa shape index (κ2) is 7.98. The number of hydrogen-bond acceptors (Lipinski definition) is 4. The zero-order valence-corrected chi connectivity index (χ0v) is 17.0. The molecule has 1 amide bonds. The van der Waals surface area contributed by atoms with Gasteiger partial charge in [0.25, 0.3) is 5.91 Å². The summed E-state index contributed by atoms with van der Waals surface area (Å²) < 4.78 is 24.3. The van der Waals surface area contributed by atoms with Crippen LogP contribution >= 0.6 is 15.9 Å². The van der Waals surface area contributed by atoms with Crippen LogP contribution in [0.25, 0.3) is 6.08 Å². The van der Waals surface area contributed by atoms with E-state index in [2.05, 4.69) is 15.9 Å². The Labute approximate surface area is 170 Å². The van der Waals surface area contributed by atoms with Crippen molar-refractivity contribution in [2.45, 2.75) is 6.92 Å². The van der Waals surface area contributed by atoms with Gasteiger partial charge in [-0.2, -0.15) is 0 Å². The molecule has 2 aromatic rings. The highest BCUT2D eigenvalue weighted by atomic mass is 79.9. The van der Waals surface area contributed by atoms with E-state index in [9.17, 15) is 14.0 Å². The number of ether oxygens (including phenoxy) is 2. The average molecular weight is 446 g/mol. The quantitative estimate of drug-likeness (QED) is 0.514. The summed E-state index contributed by atoms with van der Waals surface area (Å²) in [5.74, 6) is -0.910. The molecule has 1 heterocycles. The van der Waals surface area contributed by atoms with E-state index < -0.39 is 17.7 Å². The zero-order chi connectivity index (χ0) is 20.4. The van der Waals surface area contributed by atoms with Gasteiger partial charge < -0.3 is 9.47 Å². The molecule has 1 aliphatic heterocycles. The lowest BCUT2D eigenvalue weighted by molar-refractivity contribution is -0.136. The van der Waals surface area contributed by atoms with Gasteiger partial charge in [0.2, 0.25) is 0 Å². The van der Waals surface area contributed by atoms with Crippen molar-refractivity contribution in [3.63, 3.8) is 0 Å². The summed E-state index contributed by atoms with van der Waals surface area (Å²) in [5.41, 5.74) is 1.80. The average Bonchev–Trinajstić information content (AvgIpc) is 2.92. The van der Waals surface area contributed by atoms with E-state index in [0.717, 1.165) is 4.47 Å². The van der Waals surface area contributed by atoms with Crippen LogP contribution in [-0.2, 0) is 14.3 Å². The third kappa shape index (κ3) is 3.57. The number of allylic oxidation sites excluding steroid dienone is 1. The second-order valence-electron chi connectivity index (χ2n) is 6.01. The lowest BCUT2D eigenvalue weighted by Crippen LogP contribution is -2.24. The molecule has 0 saturated carbocycles. The molecule has 0 spiro atoms. The first-order chi connectivity index (χ1) is 13.4. The summed E-state index contributed by atoms with van der Waals surface area (Å²) in [6, 6.07) is 10.8. The zero-order valence-electron chi connectivity index (χ0n) is 15.5. The fourth-order valence-corrected chi connectivity index (χ4v) is 3.43. The molecule has 0 N–H and O–H groups in total. The molecule has 0 bridgehead atoms. The standard InChI is InChI=1S/C21H17BrFNO4/c1-12-19(21(26)28-3)17(11-13-10-14(22)4-9-18(13)27-2)20(25)24(12)16-7-5-15(23)6-8-16/h4-11H,1-3H3/b17-11-. The summed E-state index contributed by atoms with van der Waals surface area (Å²) in [6.45, 7) is 1.65. The Morgan fingerprint density at radius 3 is 2.43 bits per heavy atom. The van der Waals surface area contributed by atoms with Crippen LogP contribution in [0.1, 0.15) is 12.5 Å². The van der Waals surface area contributed by atoms with Crippen LogP contribution in [0.15, 0.2) is 63.8 Å². The topological polar surface area (TPSA) is 55.8 Å². The van der Waals surface area contributed by atoms with Crippen molar-refractivity contribution in [2.75, 3.05) is 19.1 Å². The van der Waals surface area contributed by atoms with E-state index in [1.807, 2.05) is 6.07 Å². The number of nitrogens with zero attached hydrogens (tertiary/aromatic N) is 1. The van der Waals surface area contributed by atoms with E-state index >= 15 is 0 Å². The van der Waals surface area contributed by atoms with Gasteiger partial charge in [0.15, 0.2) is 0 Å². The van der Waals surface area contributed by atoms with E-state index in [1.54, 1.807) is 25.1 Å². The second-order valence-corrected chi connectivity index (χ2v) is 6.93. The monoisotopic (exact) mass is 445 g/mol. The van der Waals surface area contributed by atoms with E-state index in [1.165, 1.54) is 43.4 Å². The highest BCUT2D eigenvalue weighted by Crippen LogP contribution is 2.37. The van der Waals surface area contributed by atoms with Crippen molar-refractivity contribution in [1.29, 1.82) is 0 Å². The van der Waals surface area contributed by atoms with Crippen molar-refractivity contribution >= 4 is 39.6 Å². The number of hydrogen-bond donors (Lipinski definition) is 0. The van der Waals surface area contributed by atoms with Gasteiger partial charge in [0.1, 0.15) is 11.6 Å². The molecule has 1 aliphatic rings. The van der Waals surface area contributed by atoms with E-state index in [4.69, 9.17) is 9.47 Å². The van der Waals surface area contributed by atoms with Crippen molar-refractivity contribution in [3.8, 4) is 5.75 Å². The maximum atomic E-state index is 13.3.